The standard InChI is InChI=1S/C17H17FO4/c18-14-4-2-6-16(12-14)22-10-9-21-15-5-1-3-13(11-15)7-8-17(19)20/h1-6,11-12H,7-10H2,(H,19,20). The topological polar surface area (TPSA) is 55.8 Å². The third-order valence-corrected chi connectivity index (χ3v) is 2.94. The lowest BCUT2D eigenvalue weighted by atomic mass is 10.1. The van der Waals surface area contributed by atoms with Gasteiger partial charge < -0.3 is 14.6 Å². The van der Waals surface area contributed by atoms with Crippen LogP contribution in [0.25, 0.3) is 0 Å². The van der Waals surface area contributed by atoms with Gasteiger partial charge in [0, 0.05) is 12.5 Å². The van der Waals surface area contributed by atoms with Crippen molar-refractivity contribution in [2.24, 2.45) is 0 Å². The van der Waals surface area contributed by atoms with Crippen molar-refractivity contribution in [2.75, 3.05) is 13.2 Å². The third-order valence-electron chi connectivity index (χ3n) is 2.94. The summed E-state index contributed by atoms with van der Waals surface area (Å²) in [5.41, 5.74) is 0.908. The Morgan fingerprint density at radius 1 is 1.00 bits per heavy atom. The van der Waals surface area contributed by atoms with E-state index < -0.39 is 5.97 Å². The van der Waals surface area contributed by atoms with Crippen LogP contribution in [0.2, 0.25) is 0 Å². The highest BCUT2D eigenvalue weighted by Crippen LogP contribution is 2.15. The van der Waals surface area contributed by atoms with Crippen LogP contribution in [0.4, 0.5) is 4.39 Å². The minimum atomic E-state index is -0.824. The molecule has 0 bridgehead atoms. The van der Waals surface area contributed by atoms with Crippen LogP contribution in [0.1, 0.15) is 12.0 Å². The summed E-state index contributed by atoms with van der Waals surface area (Å²) in [7, 11) is 0. The molecule has 0 radical (unpaired) electrons. The highest BCUT2D eigenvalue weighted by atomic mass is 19.1. The van der Waals surface area contributed by atoms with Gasteiger partial charge in [0.15, 0.2) is 0 Å². The molecule has 1 N–H and O–H groups in total. The Kier molecular flexibility index (Phi) is 5.77. The van der Waals surface area contributed by atoms with Crippen molar-refractivity contribution in [3.8, 4) is 11.5 Å². The molecule has 0 saturated heterocycles. The Morgan fingerprint density at radius 3 is 2.27 bits per heavy atom. The zero-order valence-corrected chi connectivity index (χ0v) is 12.0. The van der Waals surface area contributed by atoms with E-state index in [0.29, 0.717) is 31.1 Å². The Morgan fingerprint density at radius 2 is 1.64 bits per heavy atom. The van der Waals surface area contributed by atoms with Crippen molar-refractivity contribution < 1.29 is 23.8 Å². The van der Waals surface area contributed by atoms with Gasteiger partial charge in [-0.15, -0.1) is 0 Å². The number of aryl methyl sites for hydroxylation is 1. The van der Waals surface area contributed by atoms with Crippen molar-refractivity contribution in [1.29, 1.82) is 0 Å². The molecule has 0 fully saturated rings. The van der Waals surface area contributed by atoms with Crippen molar-refractivity contribution >= 4 is 5.97 Å². The van der Waals surface area contributed by atoms with Gasteiger partial charge in [-0.2, -0.15) is 0 Å². The van der Waals surface area contributed by atoms with Crippen LogP contribution in [-0.4, -0.2) is 24.3 Å². The van der Waals surface area contributed by atoms with Crippen LogP contribution in [-0.2, 0) is 11.2 Å². The fourth-order valence-electron chi connectivity index (χ4n) is 1.92. The second-order valence-electron chi connectivity index (χ2n) is 4.70. The molecule has 116 valence electrons. The van der Waals surface area contributed by atoms with Crippen LogP contribution < -0.4 is 9.47 Å². The lowest BCUT2D eigenvalue weighted by Gasteiger charge is -2.09. The Hall–Kier alpha value is -2.56. The van der Waals surface area contributed by atoms with Crippen molar-refractivity contribution in [3.63, 3.8) is 0 Å². The number of carbonyl (C=O) groups is 1. The van der Waals surface area contributed by atoms with E-state index in [9.17, 15) is 9.18 Å². The molecule has 0 aliphatic rings. The molecule has 0 amide bonds. The molecule has 4 nitrogen and oxygen atoms in total. The molecule has 2 aromatic rings. The molecule has 0 heterocycles. The Labute approximate surface area is 128 Å². The molecule has 0 aliphatic heterocycles. The minimum Gasteiger partial charge on any atom is -0.490 e. The summed E-state index contributed by atoms with van der Waals surface area (Å²) in [4.78, 5) is 10.6. The van der Waals surface area contributed by atoms with Gasteiger partial charge in [-0.3, -0.25) is 4.79 Å². The van der Waals surface area contributed by atoms with E-state index in [1.165, 1.54) is 12.1 Å². The zero-order valence-electron chi connectivity index (χ0n) is 12.0. The maximum absolute atomic E-state index is 13.0. The van der Waals surface area contributed by atoms with Crippen molar-refractivity contribution in [1.82, 2.24) is 0 Å². The number of carboxylic acid groups (broad SMARTS) is 1. The van der Waals surface area contributed by atoms with Gasteiger partial charge in [0.1, 0.15) is 30.5 Å². The number of hydrogen-bond donors (Lipinski definition) is 1. The fraction of sp³-hybridized carbons (Fsp3) is 0.235. The highest BCUT2D eigenvalue weighted by Gasteiger charge is 2.01. The van der Waals surface area contributed by atoms with Crippen LogP contribution in [0.3, 0.4) is 0 Å². The number of rotatable bonds is 8. The minimum absolute atomic E-state index is 0.0894. The van der Waals surface area contributed by atoms with Gasteiger partial charge in [0.2, 0.25) is 0 Å². The highest BCUT2D eigenvalue weighted by molar-refractivity contribution is 5.67. The molecule has 2 rings (SSSR count). The van der Waals surface area contributed by atoms with E-state index in [4.69, 9.17) is 14.6 Å². The number of halogens is 1. The predicted molar refractivity (Wildman–Crippen MR) is 79.8 cm³/mol. The molecule has 0 unspecified atom stereocenters. The first kappa shape index (κ1) is 15.8. The average Bonchev–Trinajstić information content (AvgIpc) is 2.50. The Balaban J connectivity index is 1.77. The summed E-state index contributed by atoms with van der Waals surface area (Å²) in [6, 6.07) is 13.2. The fourth-order valence-corrected chi connectivity index (χ4v) is 1.92. The number of hydrogen-bond acceptors (Lipinski definition) is 3. The zero-order chi connectivity index (χ0) is 15.8. The van der Waals surface area contributed by atoms with Gasteiger partial charge in [-0.1, -0.05) is 18.2 Å². The largest absolute Gasteiger partial charge is 0.490 e. The smallest absolute Gasteiger partial charge is 0.303 e. The van der Waals surface area contributed by atoms with E-state index in [1.807, 2.05) is 18.2 Å². The van der Waals surface area contributed by atoms with Gasteiger partial charge in [-0.25, -0.2) is 4.39 Å². The number of carboxylic acids is 1. The summed E-state index contributed by atoms with van der Waals surface area (Å²) in [5.74, 6) is -0.0519. The summed E-state index contributed by atoms with van der Waals surface area (Å²) >= 11 is 0. The van der Waals surface area contributed by atoms with E-state index in [0.717, 1.165) is 5.56 Å². The first-order valence-corrected chi connectivity index (χ1v) is 6.95. The molecular weight excluding hydrogens is 287 g/mol. The van der Waals surface area contributed by atoms with Gasteiger partial charge >= 0.3 is 5.97 Å². The summed E-state index contributed by atoms with van der Waals surface area (Å²) < 4.78 is 23.9. The SMILES string of the molecule is O=C(O)CCc1cccc(OCCOc2cccc(F)c2)c1. The summed E-state index contributed by atoms with van der Waals surface area (Å²) in [6.45, 7) is 0.613. The van der Waals surface area contributed by atoms with Crippen LogP contribution in [0.15, 0.2) is 48.5 Å². The average molecular weight is 304 g/mol. The molecule has 0 spiro atoms. The van der Waals surface area contributed by atoms with Gasteiger partial charge in [0.25, 0.3) is 0 Å². The van der Waals surface area contributed by atoms with Gasteiger partial charge in [0.05, 0.1) is 0 Å². The van der Waals surface area contributed by atoms with E-state index in [-0.39, 0.29) is 12.2 Å². The third kappa shape index (κ3) is 5.44. The van der Waals surface area contributed by atoms with E-state index in [1.54, 1.807) is 18.2 Å². The first-order valence-electron chi connectivity index (χ1n) is 6.95. The number of aliphatic carboxylic acids is 1. The summed E-state index contributed by atoms with van der Waals surface area (Å²) in [6.07, 6.45) is 0.554. The van der Waals surface area contributed by atoms with E-state index in [2.05, 4.69) is 0 Å². The monoisotopic (exact) mass is 304 g/mol. The quantitative estimate of drug-likeness (QED) is 0.760. The second-order valence-corrected chi connectivity index (χ2v) is 4.70. The van der Waals surface area contributed by atoms with Crippen LogP contribution in [0, 0.1) is 5.82 Å². The lowest BCUT2D eigenvalue weighted by molar-refractivity contribution is -0.136. The lowest BCUT2D eigenvalue weighted by Crippen LogP contribution is -2.09. The molecule has 0 atom stereocenters. The molecular formula is C17H17FO4. The maximum Gasteiger partial charge on any atom is 0.303 e. The molecule has 2 aromatic carbocycles. The molecule has 0 saturated carbocycles. The summed E-state index contributed by atoms with van der Waals surface area (Å²) in [5, 5.41) is 8.67. The molecule has 22 heavy (non-hydrogen) atoms. The van der Waals surface area contributed by atoms with Crippen LogP contribution in [0.5, 0.6) is 11.5 Å². The number of ether oxygens (including phenoxy) is 2. The predicted octanol–water partition coefficient (Wildman–Crippen LogP) is 3.30. The normalized spacial score (nSPS) is 10.2. The second kappa shape index (κ2) is 8.02. The first-order chi connectivity index (χ1) is 10.6. The molecule has 0 aliphatic carbocycles. The van der Waals surface area contributed by atoms with E-state index >= 15 is 0 Å². The van der Waals surface area contributed by atoms with Crippen LogP contribution >= 0.6 is 0 Å². The maximum atomic E-state index is 13.0. The van der Waals surface area contributed by atoms with Gasteiger partial charge in [-0.05, 0) is 36.2 Å². The van der Waals surface area contributed by atoms with Crippen molar-refractivity contribution in [2.45, 2.75) is 12.8 Å². The molecule has 5 heteroatoms. The van der Waals surface area contributed by atoms with Crippen molar-refractivity contribution in [3.05, 3.63) is 59.9 Å². The molecule has 0 aromatic heterocycles. The Bertz CT molecular complexity index is 628. The number of benzene rings is 2.